The minimum atomic E-state index is -1.29. The third-order valence-corrected chi connectivity index (χ3v) is 10.5. The van der Waals surface area contributed by atoms with Crippen molar-refractivity contribution < 1.29 is 0 Å². The lowest BCUT2D eigenvalue weighted by Gasteiger charge is -2.45. The molecule has 14 heavy (non-hydrogen) atoms. The summed E-state index contributed by atoms with van der Waals surface area (Å²) in [6.45, 7) is 18.3. The average Bonchev–Trinajstić information content (AvgIpc) is 1.79. The van der Waals surface area contributed by atoms with Gasteiger partial charge >= 0.3 is 0 Å². The largest absolute Gasteiger partial charge is 0.289 e. The fraction of sp³-hybridized carbons (Fsp3) is 1.00. The summed E-state index contributed by atoms with van der Waals surface area (Å²) in [4.78, 5) is 0. The van der Waals surface area contributed by atoms with E-state index in [0.29, 0.717) is 6.04 Å². The molecule has 86 valence electrons. The van der Waals surface area contributed by atoms with Gasteiger partial charge in [0, 0.05) is 11.2 Å². The monoisotopic (exact) mass is 253 g/mol. The van der Waals surface area contributed by atoms with Gasteiger partial charge in [-0.25, -0.2) is 0 Å². The van der Waals surface area contributed by atoms with Crippen LogP contribution in [0.25, 0.3) is 0 Å². The zero-order chi connectivity index (χ0) is 11.7. The Kier molecular flexibility index (Phi) is 5.13. The van der Waals surface area contributed by atoms with Gasteiger partial charge in [-0.05, 0) is 0 Å². The Labute approximate surface area is 96.9 Å². The van der Waals surface area contributed by atoms with Crippen molar-refractivity contribution in [2.75, 3.05) is 0 Å². The normalized spacial score (nSPS) is 16.5. The van der Waals surface area contributed by atoms with Crippen LogP contribution in [0.1, 0.15) is 34.6 Å². The van der Waals surface area contributed by atoms with Crippen molar-refractivity contribution in [2.45, 2.75) is 65.5 Å². The lowest BCUT2D eigenvalue weighted by Crippen LogP contribution is -2.47. The molecule has 0 aliphatic carbocycles. The van der Waals surface area contributed by atoms with E-state index >= 15 is 0 Å². The van der Waals surface area contributed by atoms with Crippen LogP contribution in [0.2, 0.25) is 19.6 Å². The fourth-order valence-electron chi connectivity index (χ4n) is 1.56. The van der Waals surface area contributed by atoms with Crippen LogP contribution in [0.15, 0.2) is 0 Å². The first kappa shape index (κ1) is 14.9. The molecule has 0 aliphatic heterocycles. The lowest BCUT2D eigenvalue weighted by molar-refractivity contribution is 0.529. The molecule has 1 atom stereocenters. The number of halogens is 1. The SMILES string of the molecule is CC(C)N(P(Cl)C(C)(C)C)[Si](C)(C)C. The van der Waals surface area contributed by atoms with Gasteiger partial charge < -0.3 is 0 Å². The summed E-state index contributed by atoms with van der Waals surface area (Å²) in [6, 6.07) is 0.560. The van der Waals surface area contributed by atoms with E-state index in [2.05, 4.69) is 58.6 Å². The molecule has 0 saturated heterocycles. The molecule has 0 amide bonds. The van der Waals surface area contributed by atoms with Gasteiger partial charge in [0.1, 0.15) is 8.24 Å². The Morgan fingerprint density at radius 3 is 1.57 bits per heavy atom. The van der Waals surface area contributed by atoms with Gasteiger partial charge in [0.05, 0.1) is 7.43 Å². The molecule has 0 aliphatic rings. The van der Waals surface area contributed by atoms with E-state index in [1.807, 2.05) is 0 Å². The lowest BCUT2D eigenvalue weighted by atomic mass is 10.3. The Morgan fingerprint density at radius 2 is 1.50 bits per heavy atom. The van der Waals surface area contributed by atoms with Crippen molar-refractivity contribution in [3.8, 4) is 0 Å². The van der Waals surface area contributed by atoms with Crippen LogP contribution in [-0.2, 0) is 0 Å². The standard InChI is InChI=1S/C10H25ClNPSi/c1-9(2)12(14(6,7)8)13(11)10(3,4)5/h9H,1-8H3. The van der Waals surface area contributed by atoms with Gasteiger partial charge in [-0.3, -0.25) is 4.34 Å². The quantitative estimate of drug-likeness (QED) is 0.512. The second-order valence-electron chi connectivity index (χ2n) is 6.04. The van der Waals surface area contributed by atoms with E-state index in [-0.39, 0.29) is 5.16 Å². The van der Waals surface area contributed by atoms with Crippen molar-refractivity contribution in [1.29, 1.82) is 0 Å². The average molecular weight is 254 g/mol. The molecule has 0 heterocycles. The Balaban J connectivity index is 4.86. The molecule has 0 N–H and O–H groups in total. The molecule has 0 aromatic heterocycles. The summed E-state index contributed by atoms with van der Waals surface area (Å²) >= 11 is 6.63. The van der Waals surface area contributed by atoms with E-state index in [4.69, 9.17) is 11.2 Å². The van der Waals surface area contributed by atoms with Gasteiger partial charge in [-0.15, -0.1) is 0 Å². The Hall–Kier alpha value is 0.897. The van der Waals surface area contributed by atoms with Crippen LogP contribution in [0.5, 0.6) is 0 Å². The number of hydrogen-bond donors (Lipinski definition) is 0. The summed E-state index contributed by atoms with van der Waals surface area (Å²) in [5.74, 6) is 0. The molecule has 1 nitrogen and oxygen atoms in total. The summed E-state index contributed by atoms with van der Waals surface area (Å²) in [6.07, 6.45) is 0. The van der Waals surface area contributed by atoms with Crippen molar-refractivity contribution in [3.63, 3.8) is 0 Å². The molecule has 0 spiro atoms. The predicted octanol–water partition coefficient (Wildman–Crippen LogP) is 4.88. The van der Waals surface area contributed by atoms with E-state index in [1.165, 1.54) is 0 Å². The van der Waals surface area contributed by atoms with Crippen molar-refractivity contribution in [3.05, 3.63) is 0 Å². The number of hydrogen-bond acceptors (Lipinski definition) is 1. The van der Waals surface area contributed by atoms with Gasteiger partial charge in [-0.2, -0.15) is 0 Å². The Bertz CT molecular complexity index is 184. The highest BCUT2D eigenvalue weighted by Crippen LogP contribution is 2.59. The van der Waals surface area contributed by atoms with Crippen molar-refractivity contribution >= 4 is 26.9 Å². The van der Waals surface area contributed by atoms with E-state index in [1.54, 1.807) is 0 Å². The van der Waals surface area contributed by atoms with Crippen LogP contribution in [0.4, 0.5) is 0 Å². The van der Waals surface area contributed by atoms with Gasteiger partial charge in [-0.1, -0.05) is 65.5 Å². The zero-order valence-corrected chi connectivity index (χ0v) is 13.5. The van der Waals surface area contributed by atoms with Gasteiger partial charge in [0.2, 0.25) is 0 Å². The smallest absolute Gasteiger partial charge is 0.125 e. The molecule has 1 unspecified atom stereocenters. The highest BCUT2D eigenvalue weighted by molar-refractivity contribution is 7.84. The Morgan fingerprint density at radius 1 is 1.14 bits per heavy atom. The molecular formula is C10H25ClNPSi. The van der Waals surface area contributed by atoms with Crippen LogP contribution in [0, 0.1) is 0 Å². The van der Waals surface area contributed by atoms with E-state index < -0.39 is 15.7 Å². The molecular weight excluding hydrogens is 229 g/mol. The predicted molar refractivity (Wildman–Crippen MR) is 72.8 cm³/mol. The number of rotatable bonds is 3. The highest BCUT2D eigenvalue weighted by atomic mass is 35.7. The second-order valence-corrected chi connectivity index (χ2v) is 14.5. The molecule has 0 bridgehead atoms. The van der Waals surface area contributed by atoms with Gasteiger partial charge in [0.25, 0.3) is 0 Å². The minimum absolute atomic E-state index is 0.210. The van der Waals surface area contributed by atoms with Crippen LogP contribution in [-0.4, -0.2) is 23.8 Å². The highest BCUT2D eigenvalue weighted by Gasteiger charge is 2.37. The molecule has 0 rings (SSSR count). The van der Waals surface area contributed by atoms with Crippen LogP contribution in [0.3, 0.4) is 0 Å². The molecule has 0 saturated carbocycles. The molecule has 0 aromatic carbocycles. The maximum absolute atomic E-state index is 6.63. The maximum atomic E-state index is 6.63. The molecule has 0 fully saturated rings. The van der Waals surface area contributed by atoms with Crippen LogP contribution >= 0.6 is 18.7 Å². The topological polar surface area (TPSA) is 3.24 Å². The first-order valence-corrected chi connectivity index (χ1v) is 10.9. The van der Waals surface area contributed by atoms with E-state index in [0.717, 1.165) is 0 Å². The van der Waals surface area contributed by atoms with Gasteiger partial charge in [0.15, 0.2) is 0 Å². The van der Waals surface area contributed by atoms with Crippen molar-refractivity contribution in [2.24, 2.45) is 0 Å². The maximum Gasteiger partial charge on any atom is 0.125 e. The summed E-state index contributed by atoms with van der Waals surface area (Å²) in [5.41, 5.74) is 0. The molecule has 0 radical (unpaired) electrons. The summed E-state index contributed by atoms with van der Waals surface area (Å²) in [7, 11) is -1.84. The third-order valence-electron chi connectivity index (χ3n) is 1.92. The van der Waals surface area contributed by atoms with Crippen molar-refractivity contribution in [1.82, 2.24) is 4.34 Å². The number of nitrogens with zero attached hydrogens (tertiary/aromatic N) is 1. The molecule has 0 aromatic rings. The second kappa shape index (κ2) is 4.82. The minimum Gasteiger partial charge on any atom is -0.289 e. The fourth-order valence-corrected chi connectivity index (χ4v) is 9.74. The first-order valence-electron chi connectivity index (χ1n) is 5.23. The zero-order valence-electron chi connectivity index (χ0n) is 10.8. The summed E-state index contributed by atoms with van der Waals surface area (Å²) < 4.78 is 2.57. The van der Waals surface area contributed by atoms with E-state index in [9.17, 15) is 0 Å². The molecule has 4 heteroatoms. The first-order chi connectivity index (χ1) is 5.98. The summed E-state index contributed by atoms with van der Waals surface area (Å²) in [5, 5.41) is 0.210. The van der Waals surface area contributed by atoms with Crippen LogP contribution < -0.4 is 0 Å². The third kappa shape index (κ3) is 4.18.